The standard InChI is InChI=1S/C14H24N4O2/c1-3-7-20-14-12(15)13(16-10-17-14)18(2)6-8-19-9-11-4-5-11/h10-11H,3-9,15H2,1-2H3. The van der Waals surface area contributed by atoms with Crippen molar-refractivity contribution in [3.63, 3.8) is 0 Å². The number of nitrogen functional groups attached to an aromatic ring is 1. The predicted octanol–water partition coefficient (Wildman–Crippen LogP) is 1.71. The van der Waals surface area contributed by atoms with E-state index >= 15 is 0 Å². The number of aromatic nitrogens is 2. The van der Waals surface area contributed by atoms with Gasteiger partial charge in [-0.25, -0.2) is 4.98 Å². The minimum atomic E-state index is 0.461. The number of ether oxygens (including phenoxy) is 2. The molecule has 0 bridgehead atoms. The third-order valence-corrected chi connectivity index (χ3v) is 3.25. The second-order valence-corrected chi connectivity index (χ2v) is 5.20. The van der Waals surface area contributed by atoms with E-state index in [0.717, 1.165) is 25.5 Å². The van der Waals surface area contributed by atoms with Gasteiger partial charge in [0.2, 0.25) is 5.88 Å². The van der Waals surface area contributed by atoms with Crippen molar-refractivity contribution < 1.29 is 9.47 Å². The lowest BCUT2D eigenvalue weighted by atomic mass is 10.4. The van der Waals surface area contributed by atoms with Crippen LogP contribution in [0.5, 0.6) is 5.88 Å². The van der Waals surface area contributed by atoms with E-state index in [1.54, 1.807) is 0 Å². The fraction of sp³-hybridized carbons (Fsp3) is 0.714. The van der Waals surface area contributed by atoms with Gasteiger partial charge in [0.05, 0.1) is 13.2 Å². The average Bonchev–Trinajstić information content (AvgIpc) is 3.26. The Balaban J connectivity index is 1.85. The highest BCUT2D eigenvalue weighted by atomic mass is 16.5. The first-order valence-electron chi connectivity index (χ1n) is 7.24. The summed E-state index contributed by atoms with van der Waals surface area (Å²) in [4.78, 5) is 10.3. The molecule has 20 heavy (non-hydrogen) atoms. The van der Waals surface area contributed by atoms with Crippen molar-refractivity contribution in [3.8, 4) is 5.88 Å². The van der Waals surface area contributed by atoms with Crippen LogP contribution in [0.3, 0.4) is 0 Å². The maximum atomic E-state index is 6.05. The Morgan fingerprint density at radius 2 is 2.15 bits per heavy atom. The number of rotatable bonds is 9. The SMILES string of the molecule is CCCOc1ncnc(N(C)CCOCC2CC2)c1N. The quantitative estimate of drug-likeness (QED) is 0.694. The van der Waals surface area contributed by atoms with E-state index in [9.17, 15) is 0 Å². The number of anilines is 2. The number of nitrogens with zero attached hydrogens (tertiary/aromatic N) is 3. The molecule has 112 valence electrons. The van der Waals surface area contributed by atoms with Crippen LogP contribution in [0.15, 0.2) is 6.33 Å². The van der Waals surface area contributed by atoms with Gasteiger partial charge in [0.25, 0.3) is 0 Å². The maximum absolute atomic E-state index is 6.05. The molecule has 0 aliphatic heterocycles. The lowest BCUT2D eigenvalue weighted by molar-refractivity contribution is 0.131. The Morgan fingerprint density at radius 1 is 1.35 bits per heavy atom. The first-order chi connectivity index (χ1) is 9.72. The number of likely N-dealkylation sites (N-methyl/N-ethyl adjacent to an activating group) is 1. The second-order valence-electron chi connectivity index (χ2n) is 5.20. The van der Waals surface area contributed by atoms with Crippen LogP contribution in [-0.2, 0) is 4.74 Å². The van der Waals surface area contributed by atoms with Crippen LogP contribution < -0.4 is 15.4 Å². The van der Waals surface area contributed by atoms with Crippen molar-refractivity contribution in [2.75, 3.05) is 44.0 Å². The summed E-state index contributed by atoms with van der Waals surface area (Å²) in [6, 6.07) is 0. The van der Waals surface area contributed by atoms with Gasteiger partial charge >= 0.3 is 0 Å². The minimum Gasteiger partial charge on any atom is -0.476 e. The number of hydrogen-bond acceptors (Lipinski definition) is 6. The zero-order valence-electron chi connectivity index (χ0n) is 12.3. The molecule has 2 N–H and O–H groups in total. The topological polar surface area (TPSA) is 73.5 Å². The predicted molar refractivity (Wildman–Crippen MR) is 79.0 cm³/mol. The summed E-state index contributed by atoms with van der Waals surface area (Å²) in [6.07, 6.45) is 5.03. The molecule has 1 aromatic rings. The van der Waals surface area contributed by atoms with Gasteiger partial charge < -0.3 is 20.1 Å². The molecule has 6 nitrogen and oxygen atoms in total. The third kappa shape index (κ3) is 4.23. The Labute approximate surface area is 120 Å². The van der Waals surface area contributed by atoms with Gasteiger partial charge in [-0.3, -0.25) is 0 Å². The van der Waals surface area contributed by atoms with E-state index in [-0.39, 0.29) is 0 Å². The molecule has 0 spiro atoms. The first-order valence-corrected chi connectivity index (χ1v) is 7.24. The Hall–Kier alpha value is -1.56. The van der Waals surface area contributed by atoms with Gasteiger partial charge in [0.15, 0.2) is 5.82 Å². The Kier molecular flexibility index (Phi) is 5.40. The largest absolute Gasteiger partial charge is 0.476 e. The highest BCUT2D eigenvalue weighted by molar-refractivity contribution is 5.67. The van der Waals surface area contributed by atoms with Gasteiger partial charge in [-0.05, 0) is 25.2 Å². The van der Waals surface area contributed by atoms with Crippen molar-refractivity contribution in [3.05, 3.63) is 6.33 Å². The molecule has 2 rings (SSSR count). The molecule has 1 aliphatic rings. The number of nitrogens with two attached hydrogens (primary N) is 1. The molecule has 0 amide bonds. The van der Waals surface area contributed by atoms with Crippen LogP contribution in [-0.4, -0.2) is 43.4 Å². The average molecular weight is 280 g/mol. The molecule has 0 radical (unpaired) electrons. The van der Waals surface area contributed by atoms with E-state index in [2.05, 4.69) is 9.97 Å². The molecule has 1 aromatic heterocycles. The van der Waals surface area contributed by atoms with Crippen LogP contribution in [0.2, 0.25) is 0 Å². The molecule has 1 aliphatic carbocycles. The smallest absolute Gasteiger partial charge is 0.242 e. The summed E-state index contributed by atoms with van der Waals surface area (Å²) >= 11 is 0. The van der Waals surface area contributed by atoms with Gasteiger partial charge in [-0.1, -0.05) is 6.92 Å². The van der Waals surface area contributed by atoms with Gasteiger partial charge in [-0.2, -0.15) is 4.98 Å². The Bertz CT molecular complexity index is 424. The fourth-order valence-corrected chi connectivity index (χ4v) is 1.83. The summed E-state index contributed by atoms with van der Waals surface area (Å²) in [6.45, 7) is 4.96. The van der Waals surface area contributed by atoms with Crippen LogP contribution in [0.1, 0.15) is 26.2 Å². The normalized spacial score (nSPS) is 14.3. The molecule has 0 atom stereocenters. The lowest BCUT2D eigenvalue weighted by Gasteiger charge is -2.20. The summed E-state index contributed by atoms with van der Waals surface area (Å²) in [5, 5.41) is 0. The van der Waals surface area contributed by atoms with E-state index in [0.29, 0.717) is 30.6 Å². The lowest BCUT2D eigenvalue weighted by Crippen LogP contribution is -2.25. The zero-order chi connectivity index (χ0) is 14.4. The maximum Gasteiger partial charge on any atom is 0.242 e. The van der Waals surface area contributed by atoms with Gasteiger partial charge in [-0.15, -0.1) is 0 Å². The van der Waals surface area contributed by atoms with Gasteiger partial charge in [0, 0.05) is 20.2 Å². The first kappa shape index (κ1) is 14.8. The minimum absolute atomic E-state index is 0.461. The van der Waals surface area contributed by atoms with E-state index in [1.807, 2.05) is 18.9 Å². The van der Waals surface area contributed by atoms with Gasteiger partial charge in [0.1, 0.15) is 12.0 Å². The van der Waals surface area contributed by atoms with Crippen molar-refractivity contribution in [2.45, 2.75) is 26.2 Å². The monoisotopic (exact) mass is 280 g/mol. The summed E-state index contributed by atoms with van der Waals surface area (Å²) in [5.41, 5.74) is 6.55. The van der Waals surface area contributed by atoms with Crippen molar-refractivity contribution in [1.82, 2.24) is 9.97 Å². The highest BCUT2D eigenvalue weighted by Crippen LogP contribution is 2.29. The van der Waals surface area contributed by atoms with Crippen molar-refractivity contribution >= 4 is 11.5 Å². The molecule has 1 fully saturated rings. The molecule has 1 saturated carbocycles. The third-order valence-electron chi connectivity index (χ3n) is 3.25. The molecule has 6 heteroatoms. The molecular formula is C14H24N4O2. The van der Waals surface area contributed by atoms with E-state index in [1.165, 1.54) is 19.2 Å². The summed E-state index contributed by atoms with van der Waals surface area (Å²) < 4.78 is 11.1. The van der Waals surface area contributed by atoms with Crippen LogP contribution in [0.4, 0.5) is 11.5 Å². The molecule has 0 saturated heterocycles. The van der Waals surface area contributed by atoms with Crippen molar-refractivity contribution in [2.24, 2.45) is 5.92 Å². The van der Waals surface area contributed by atoms with Crippen LogP contribution in [0, 0.1) is 5.92 Å². The zero-order valence-corrected chi connectivity index (χ0v) is 12.3. The second kappa shape index (κ2) is 7.28. The Morgan fingerprint density at radius 3 is 2.85 bits per heavy atom. The number of hydrogen-bond donors (Lipinski definition) is 1. The molecule has 1 heterocycles. The summed E-state index contributed by atoms with van der Waals surface area (Å²) in [7, 11) is 1.95. The van der Waals surface area contributed by atoms with Crippen molar-refractivity contribution in [1.29, 1.82) is 0 Å². The molecular weight excluding hydrogens is 256 g/mol. The van der Waals surface area contributed by atoms with Crippen LogP contribution >= 0.6 is 0 Å². The highest BCUT2D eigenvalue weighted by Gasteiger charge is 2.21. The summed E-state index contributed by atoms with van der Waals surface area (Å²) in [5.74, 6) is 1.95. The molecule has 0 aromatic carbocycles. The molecule has 0 unspecified atom stereocenters. The van der Waals surface area contributed by atoms with E-state index < -0.39 is 0 Å². The van der Waals surface area contributed by atoms with Crippen LogP contribution in [0.25, 0.3) is 0 Å². The van der Waals surface area contributed by atoms with E-state index in [4.69, 9.17) is 15.2 Å². The fourth-order valence-electron chi connectivity index (χ4n) is 1.83.